The molecular weight excluding hydrogens is 268 g/mol. The van der Waals surface area contributed by atoms with E-state index >= 15 is 0 Å². The standard InChI is InChI=1S/C16H22N2O3/c1-16(2,3)21-15(20)17-12-10-9-11-7-5-6-8-13(11)18(4)14(12)19/h5-8,12H,9-10H2,1-4H3,(H,17,20)/t12-/m1/s1. The van der Waals surface area contributed by atoms with Crippen molar-refractivity contribution in [2.24, 2.45) is 0 Å². The van der Waals surface area contributed by atoms with Gasteiger partial charge in [-0.1, -0.05) is 18.2 Å². The average Bonchev–Trinajstić information content (AvgIpc) is 2.50. The zero-order valence-corrected chi connectivity index (χ0v) is 13.0. The van der Waals surface area contributed by atoms with E-state index in [9.17, 15) is 9.59 Å². The molecule has 5 heteroatoms. The van der Waals surface area contributed by atoms with Crippen molar-refractivity contribution >= 4 is 17.7 Å². The van der Waals surface area contributed by atoms with Crippen molar-refractivity contribution in [3.05, 3.63) is 29.8 Å². The molecule has 1 aromatic rings. The number of likely N-dealkylation sites (N-methyl/N-ethyl adjacent to an activating group) is 1. The van der Waals surface area contributed by atoms with Crippen molar-refractivity contribution < 1.29 is 14.3 Å². The van der Waals surface area contributed by atoms with Crippen LogP contribution >= 0.6 is 0 Å². The molecule has 114 valence electrons. The number of benzene rings is 1. The highest BCUT2D eigenvalue weighted by molar-refractivity contribution is 5.99. The summed E-state index contributed by atoms with van der Waals surface area (Å²) in [5, 5.41) is 2.68. The second-order valence-corrected chi connectivity index (χ2v) is 6.26. The molecule has 21 heavy (non-hydrogen) atoms. The number of anilines is 1. The Balaban J connectivity index is 2.11. The third kappa shape index (κ3) is 3.74. The number of amides is 2. The van der Waals surface area contributed by atoms with E-state index in [0.717, 1.165) is 17.7 Å². The Kier molecular flexibility index (Phi) is 4.21. The quantitative estimate of drug-likeness (QED) is 0.864. The fourth-order valence-electron chi connectivity index (χ4n) is 2.41. The summed E-state index contributed by atoms with van der Waals surface area (Å²) in [5.41, 5.74) is 1.44. The van der Waals surface area contributed by atoms with Crippen molar-refractivity contribution in [1.82, 2.24) is 5.32 Å². The summed E-state index contributed by atoms with van der Waals surface area (Å²) >= 11 is 0. The molecule has 0 fully saturated rings. The van der Waals surface area contributed by atoms with Crippen LogP contribution < -0.4 is 10.2 Å². The molecule has 2 amide bonds. The molecule has 1 heterocycles. The lowest BCUT2D eigenvalue weighted by molar-refractivity contribution is -0.120. The molecular formula is C16H22N2O3. The fraction of sp³-hybridized carbons (Fsp3) is 0.500. The summed E-state index contributed by atoms with van der Waals surface area (Å²) < 4.78 is 5.22. The van der Waals surface area contributed by atoms with Gasteiger partial charge in [0.25, 0.3) is 0 Å². The smallest absolute Gasteiger partial charge is 0.408 e. The van der Waals surface area contributed by atoms with Gasteiger partial charge in [-0.15, -0.1) is 0 Å². The molecule has 1 atom stereocenters. The van der Waals surface area contributed by atoms with Crippen LogP contribution in [0.1, 0.15) is 32.8 Å². The first-order chi connectivity index (χ1) is 9.78. The van der Waals surface area contributed by atoms with Gasteiger partial charge in [0.1, 0.15) is 11.6 Å². The summed E-state index contributed by atoms with van der Waals surface area (Å²) in [5.74, 6) is -0.120. The van der Waals surface area contributed by atoms with Gasteiger partial charge in [-0.3, -0.25) is 4.79 Å². The number of ether oxygens (including phenoxy) is 1. The minimum absolute atomic E-state index is 0.120. The Morgan fingerprint density at radius 1 is 1.33 bits per heavy atom. The molecule has 2 rings (SSSR count). The molecule has 1 aromatic carbocycles. The Hall–Kier alpha value is -2.04. The van der Waals surface area contributed by atoms with E-state index in [4.69, 9.17) is 4.74 Å². The topological polar surface area (TPSA) is 58.6 Å². The normalized spacial score (nSPS) is 18.8. The highest BCUT2D eigenvalue weighted by atomic mass is 16.6. The van der Waals surface area contributed by atoms with Gasteiger partial charge in [0, 0.05) is 12.7 Å². The second-order valence-electron chi connectivity index (χ2n) is 6.26. The minimum atomic E-state index is -0.577. The van der Waals surface area contributed by atoms with Crippen LogP contribution in [-0.2, 0) is 16.0 Å². The number of nitrogens with zero attached hydrogens (tertiary/aromatic N) is 1. The maximum absolute atomic E-state index is 12.5. The van der Waals surface area contributed by atoms with Crippen molar-refractivity contribution in [3.8, 4) is 0 Å². The van der Waals surface area contributed by atoms with Crippen LogP contribution in [-0.4, -0.2) is 30.7 Å². The van der Waals surface area contributed by atoms with E-state index in [0.29, 0.717) is 6.42 Å². The van der Waals surface area contributed by atoms with E-state index in [1.807, 2.05) is 24.3 Å². The molecule has 0 unspecified atom stereocenters. The van der Waals surface area contributed by atoms with Gasteiger partial charge < -0.3 is 15.0 Å². The van der Waals surface area contributed by atoms with E-state index in [-0.39, 0.29) is 5.91 Å². The number of alkyl carbamates (subject to hydrolysis) is 1. The van der Waals surface area contributed by atoms with Gasteiger partial charge in [-0.05, 0) is 45.2 Å². The number of carbonyl (C=O) groups excluding carboxylic acids is 2. The summed E-state index contributed by atoms with van der Waals surface area (Å²) in [6.07, 6.45) is 0.756. The van der Waals surface area contributed by atoms with Gasteiger partial charge in [0.2, 0.25) is 5.91 Å². The molecule has 0 saturated carbocycles. The molecule has 0 spiro atoms. The zero-order chi connectivity index (χ0) is 15.6. The van der Waals surface area contributed by atoms with Gasteiger partial charge in [-0.25, -0.2) is 4.79 Å². The van der Waals surface area contributed by atoms with Crippen molar-refractivity contribution in [3.63, 3.8) is 0 Å². The highest BCUT2D eigenvalue weighted by Gasteiger charge is 2.30. The number of para-hydroxylation sites is 1. The van der Waals surface area contributed by atoms with Crippen molar-refractivity contribution in [2.75, 3.05) is 11.9 Å². The Labute approximate surface area is 125 Å². The first-order valence-corrected chi connectivity index (χ1v) is 7.13. The number of hydrogen-bond donors (Lipinski definition) is 1. The van der Waals surface area contributed by atoms with E-state index in [2.05, 4.69) is 5.32 Å². The minimum Gasteiger partial charge on any atom is -0.444 e. The summed E-state index contributed by atoms with van der Waals surface area (Å²) in [7, 11) is 1.73. The Morgan fingerprint density at radius 3 is 2.67 bits per heavy atom. The predicted octanol–water partition coefficient (Wildman–Crippen LogP) is 2.49. The van der Waals surface area contributed by atoms with E-state index in [1.54, 1.807) is 32.7 Å². The van der Waals surface area contributed by atoms with E-state index in [1.165, 1.54) is 0 Å². The van der Waals surface area contributed by atoms with Gasteiger partial charge >= 0.3 is 6.09 Å². The predicted molar refractivity (Wildman–Crippen MR) is 81.3 cm³/mol. The fourth-order valence-corrected chi connectivity index (χ4v) is 2.41. The molecule has 1 aliphatic rings. The summed E-state index contributed by atoms with van der Waals surface area (Å²) in [6.45, 7) is 5.39. The average molecular weight is 290 g/mol. The number of rotatable bonds is 1. The van der Waals surface area contributed by atoms with Crippen LogP contribution in [0.3, 0.4) is 0 Å². The van der Waals surface area contributed by atoms with E-state index < -0.39 is 17.7 Å². The first-order valence-electron chi connectivity index (χ1n) is 7.13. The molecule has 0 aliphatic carbocycles. The molecule has 0 aromatic heterocycles. The number of fused-ring (bicyclic) bond motifs is 1. The number of nitrogens with one attached hydrogen (secondary N) is 1. The molecule has 1 aliphatic heterocycles. The number of aryl methyl sites for hydroxylation is 1. The lowest BCUT2D eigenvalue weighted by Gasteiger charge is -2.24. The Bertz CT molecular complexity index is 549. The third-order valence-electron chi connectivity index (χ3n) is 3.37. The number of hydrogen-bond acceptors (Lipinski definition) is 3. The van der Waals surface area contributed by atoms with Crippen LogP contribution in [0.4, 0.5) is 10.5 Å². The van der Waals surface area contributed by atoms with Crippen LogP contribution in [0.25, 0.3) is 0 Å². The summed E-state index contributed by atoms with van der Waals surface area (Å²) in [6, 6.07) is 7.23. The molecule has 0 radical (unpaired) electrons. The lowest BCUT2D eigenvalue weighted by atomic mass is 10.1. The van der Waals surface area contributed by atoms with Crippen LogP contribution in [0.15, 0.2) is 24.3 Å². The lowest BCUT2D eigenvalue weighted by Crippen LogP contribution is -2.48. The molecule has 0 bridgehead atoms. The largest absolute Gasteiger partial charge is 0.444 e. The van der Waals surface area contributed by atoms with Gasteiger partial charge in [-0.2, -0.15) is 0 Å². The highest BCUT2D eigenvalue weighted by Crippen LogP contribution is 2.25. The SMILES string of the molecule is CN1C(=O)[C@H](NC(=O)OC(C)(C)C)CCc2ccccc21. The maximum Gasteiger partial charge on any atom is 0.408 e. The molecule has 5 nitrogen and oxygen atoms in total. The van der Waals surface area contributed by atoms with Crippen LogP contribution in [0.5, 0.6) is 0 Å². The van der Waals surface area contributed by atoms with Crippen molar-refractivity contribution in [1.29, 1.82) is 0 Å². The number of carbonyl (C=O) groups is 2. The zero-order valence-electron chi connectivity index (χ0n) is 13.0. The molecule has 1 N–H and O–H groups in total. The van der Waals surface area contributed by atoms with Crippen LogP contribution in [0, 0.1) is 0 Å². The monoisotopic (exact) mass is 290 g/mol. The van der Waals surface area contributed by atoms with Crippen LogP contribution in [0.2, 0.25) is 0 Å². The first kappa shape index (κ1) is 15.4. The van der Waals surface area contributed by atoms with Gasteiger partial charge in [0.15, 0.2) is 0 Å². The third-order valence-corrected chi connectivity index (χ3v) is 3.37. The maximum atomic E-state index is 12.5. The second kappa shape index (κ2) is 5.76. The Morgan fingerprint density at radius 2 is 2.00 bits per heavy atom. The molecule has 0 saturated heterocycles. The van der Waals surface area contributed by atoms with Crippen molar-refractivity contribution in [2.45, 2.75) is 45.3 Å². The summed E-state index contributed by atoms with van der Waals surface area (Å²) in [4.78, 5) is 25.9. The van der Waals surface area contributed by atoms with Gasteiger partial charge in [0.05, 0.1) is 0 Å².